The highest BCUT2D eigenvalue weighted by molar-refractivity contribution is 7.21. The number of carbonyl (C=O) groups is 1. The molecular formula is C24H17F2N3O3S. The van der Waals surface area contributed by atoms with Gasteiger partial charge in [0, 0.05) is 18.9 Å². The lowest BCUT2D eigenvalue weighted by atomic mass is 10.2. The molecule has 1 N–H and O–H groups in total. The molecule has 0 spiro atoms. The molecule has 166 valence electrons. The number of carbonyl (C=O) groups excluding carboxylic acids is 1. The molecule has 0 saturated heterocycles. The molecule has 1 amide bonds. The Labute approximate surface area is 190 Å². The van der Waals surface area contributed by atoms with E-state index in [2.05, 4.69) is 15.3 Å². The zero-order valence-corrected chi connectivity index (χ0v) is 18.0. The van der Waals surface area contributed by atoms with Crippen molar-refractivity contribution in [2.24, 2.45) is 0 Å². The Morgan fingerprint density at radius 3 is 2.76 bits per heavy atom. The lowest BCUT2D eigenvalue weighted by molar-refractivity contribution is -0.121. The van der Waals surface area contributed by atoms with Gasteiger partial charge in [-0.05, 0) is 36.4 Å². The Hall–Kier alpha value is -3.85. The van der Waals surface area contributed by atoms with Gasteiger partial charge in [0.05, 0.1) is 28.5 Å². The Balaban J connectivity index is 1.15. The number of aromatic nitrogens is 2. The average molecular weight is 465 g/mol. The van der Waals surface area contributed by atoms with Gasteiger partial charge in [0.1, 0.15) is 17.4 Å². The van der Waals surface area contributed by atoms with Gasteiger partial charge < -0.3 is 14.2 Å². The number of thiazole rings is 1. The Morgan fingerprint density at radius 2 is 1.91 bits per heavy atom. The molecule has 0 unspecified atom stereocenters. The quantitative estimate of drug-likeness (QED) is 0.332. The molecule has 6 nitrogen and oxygen atoms in total. The number of para-hydroxylation sites is 1. The van der Waals surface area contributed by atoms with Crippen LogP contribution in [0.25, 0.3) is 32.3 Å². The van der Waals surface area contributed by atoms with Gasteiger partial charge in [-0.15, -0.1) is 11.3 Å². The molecule has 5 rings (SSSR count). The van der Waals surface area contributed by atoms with Gasteiger partial charge in [0.25, 0.3) is 0 Å². The number of oxazole rings is 1. The van der Waals surface area contributed by atoms with Gasteiger partial charge >= 0.3 is 0 Å². The van der Waals surface area contributed by atoms with E-state index in [0.717, 1.165) is 27.4 Å². The predicted molar refractivity (Wildman–Crippen MR) is 119 cm³/mol. The van der Waals surface area contributed by atoms with E-state index in [-0.39, 0.29) is 36.6 Å². The molecule has 0 atom stereocenters. The third-order valence-corrected chi connectivity index (χ3v) is 5.99. The van der Waals surface area contributed by atoms with Crippen LogP contribution in [-0.4, -0.2) is 15.9 Å². The summed E-state index contributed by atoms with van der Waals surface area (Å²) in [7, 11) is 0. The summed E-state index contributed by atoms with van der Waals surface area (Å²) in [5.41, 5.74) is 1.03. The number of fused-ring (bicyclic) bond motifs is 1. The van der Waals surface area contributed by atoms with Crippen molar-refractivity contribution in [3.05, 3.63) is 84.1 Å². The average Bonchev–Trinajstić information content (AvgIpc) is 3.55. The summed E-state index contributed by atoms with van der Waals surface area (Å²) in [4.78, 5) is 20.9. The smallest absolute Gasteiger partial charge is 0.220 e. The third kappa shape index (κ3) is 4.68. The summed E-state index contributed by atoms with van der Waals surface area (Å²) < 4.78 is 39.4. The SMILES string of the molecule is O=C(CCc1ncc(-c2ccc(F)cc2F)o1)NCc1ccc(-c2nc3ccccc3s2)o1. The molecule has 0 bridgehead atoms. The largest absolute Gasteiger partial charge is 0.457 e. The molecule has 0 aliphatic heterocycles. The Kier molecular flexibility index (Phi) is 5.70. The number of nitrogens with zero attached hydrogens (tertiary/aromatic N) is 2. The van der Waals surface area contributed by atoms with E-state index in [9.17, 15) is 13.6 Å². The van der Waals surface area contributed by atoms with Crippen LogP contribution in [0.2, 0.25) is 0 Å². The third-order valence-electron chi connectivity index (χ3n) is 4.94. The van der Waals surface area contributed by atoms with E-state index < -0.39 is 11.6 Å². The highest BCUT2D eigenvalue weighted by atomic mass is 32.1. The van der Waals surface area contributed by atoms with Crippen molar-refractivity contribution in [3.63, 3.8) is 0 Å². The number of hydrogen-bond acceptors (Lipinski definition) is 6. The van der Waals surface area contributed by atoms with Crippen molar-refractivity contribution in [1.29, 1.82) is 0 Å². The van der Waals surface area contributed by atoms with Crippen LogP contribution in [0.5, 0.6) is 0 Å². The summed E-state index contributed by atoms with van der Waals surface area (Å²) in [6.07, 6.45) is 1.73. The van der Waals surface area contributed by atoms with E-state index in [1.807, 2.05) is 30.3 Å². The van der Waals surface area contributed by atoms with Crippen LogP contribution in [0.3, 0.4) is 0 Å². The minimum atomic E-state index is -0.737. The van der Waals surface area contributed by atoms with Crippen LogP contribution in [0, 0.1) is 11.6 Å². The molecule has 0 aliphatic rings. The van der Waals surface area contributed by atoms with Crippen molar-refractivity contribution in [3.8, 4) is 22.1 Å². The van der Waals surface area contributed by atoms with Crippen LogP contribution in [-0.2, 0) is 17.8 Å². The molecule has 33 heavy (non-hydrogen) atoms. The highest BCUT2D eigenvalue weighted by Crippen LogP contribution is 2.31. The van der Waals surface area contributed by atoms with Crippen LogP contribution in [0.4, 0.5) is 8.78 Å². The monoisotopic (exact) mass is 465 g/mol. The van der Waals surface area contributed by atoms with E-state index in [4.69, 9.17) is 8.83 Å². The fourth-order valence-electron chi connectivity index (χ4n) is 3.30. The van der Waals surface area contributed by atoms with E-state index in [1.54, 1.807) is 17.4 Å². The first kappa shape index (κ1) is 21.0. The highest BCUT2D eigenvalue weighted by Gasteiger charge is 2.14. The summed E-state index contributed by atoms with van der Waals surface area (Å²) in [5, 5.41) is 3.58. The fraction of sp³-hybridized carbons (Fsp3) is 0.125. The molecule has 0 aliphatic carbocycles. The molecular weight excluding hydrogens is 448 g/mol. The first-order valence-corrected chi connectivity index (χ1v) is 11.0. The summed E-state index contributed by atoms with van der Waals surface area (Å²) in [5.74, 6) is 0.126. The standard InChI is InChI=1S/C24H17F2N3O3S/c25-14-5-7-16(17(26)11-14)20-13-28-23(32-20)10-9-22(30)27-12-15-6-8-19(31-15)24-29-18-3-1-2-4-21(18)33-24/h1-8,11,13H,9-10,12H2,(H,27,30). The molecule has 0 radical (unpaired) electrons. The molecule has 9 heteroatoms. The zero-order chi connectivity index (χ0) is 22.8. The molecule has 0 saturated carbocycles. The number of halogens is 2. The summed E-state index contributed by atoms with van der Waals surface area (Å²) in [6, 6.07) is 14.7. The van der Waals surface area contributed by atoms with Crippen LogP contribution < -0.4 is 5.32 Å². The maximum atomic E-state index is 13.9. The molecule has 3 aromatic heterocycles. The number of hydrogen-bond donors (Lipinski definition) is 1. The number of amides is 1. The number of benzene rings is 2. The van der Waals surface area contributed by atoms with Gasteiger partial charge in [-0.3, -0.25) is 4.79 Å². The van der Waals surface area contributed by atoms with Crippen molar-refractivity contribution in [2.45, 2.75) is 19.4 Å². The second-order valence-electron chi connectivity index (χ2n) is 7.27. The summed E-state index contributed by atoms with van der Waals surface area (Å²) >= 11 is 1.54. The number of furan rings is 1. The second kappa shape index (κ2) is 8.95. The lowest BCUT2D eigenvalue weighted by Crippen LogP contribution is -2.22. The minimum Gasteiger partial charge on any atom is -0.457 e. The number of rotatable bonds is 7. The summed E-state index contributed by atoms with van der Waals surface area (Å²) in [6.45, 7) is 0.237. The van der Waals surface area contributed by atoms with Crippen molar-refractivity contribution in [2.75, 3.05) is 0 Å². The first-order chi connectivity index (χ1) is 16.0. The molecule has 0 fully saturated rings. The Bertz CT molecular complexity index is 1410. The molecule has 3 heterocycles. The van der Waals surface area contributed by atoms with Crippen molar-refractivity contribution < 1.29 is 22.4 Å². The van der Waals surface area contributed by atoms with Crippen molar-refractivity contribution >= 4 is 27.5 Å². The lowest BCUT2D eigenvalue weighted by Gasteiger charge is -2.02. The minimum absolute atomic E-state index is 0.112. The van der Waals surface area contributed by atoms with E-state index in [0.29, 0.717) is 17.4 Å². The predicted octanol–water partition coefficient (Wildman–Crippen LogP) is 5.74. The van der Waals surface area contributed by atoms with Crippen LogP contribution in [0.1, 0.15) is 18.1 Å². The van der Waals surface area contributed by atoms with E-state index in [1.165, 1.54) is 12.3 Å². The maximum Gasteiger partial charge on any atom is 0.220 e. The Morgan fingerprint density at radius 1 is 1.03 bits per heavy atom. The molecule has 2 aromatic carbocycles. The number of aryl methyl sites for hydroxylation is 1. The van der Waals surface area contributed by atoms with Gasteiger partial charge in [-0.2, -0.15) is 0 Å². The van der Waals surface area contributed by atoms with Gasteiger partial charge in [-0.25, -0.2) is 18.7 Å². The van der Waals surface area contributed by atoms with E-state index >= 15 is 0 Å². The zero-order valence-electron chi connectivity index (χ0n) is 17.2. The maximum absolute atomic E-state index is 13.9. The van der Waals surface area contributed by atoms with Crippen molar-refractivity contribution in [1.82, 2.24) is 15.3 Å². The fourth-order valence-corrected chi connectivity index (χ4v) is 4.23. The number of nitrogens with one attached hydrogen (secondary N) is 1. The molecule has 5 aromatic rings. The van der Waals surface area contributed by atoms with Gasteiger partial charge in [0.15, 0.2) is 22.4 Å². The van der Waals surface area contributed by atoms with Crippen LogP contribution >= 0.6 is 11.3 Å². The van der Waals surface area contributed by atoms with Gasteiger partial charge in [0.2, 0.25) is 5.91 Å². The van der Waals surface area contributed by atoms with Gasteiger partial charge in [-0.1, -0.05) is 12.1 Å². The first-order valence-electron chi connectivity index (χ1n) is 10.2. The van der Waals surface area contributed by atoms with Crippen LogP contribution in [0.15, 0.2) is 69.6 Å². The topological polar surface area (TPSA) is 81.2 Å². The second-order valence-corrected chi connectivity index (χ2v) is 8.30. The normalized spacial score (nSPS) is 11.2.